The van der Waals surface area contributed by atoms with Gasteiger partial charge in [-0.1, -0.05) is 0 Å². The van der Waals surface area contributed by atoms with Crippen molar-refractivity contribution in [2.75, 3.05) is 5.32 Å². The van der Waals surface area contributed by atoms with Crippen LogP contribution >= 0.6 is 11.8 Å². The molecule has 0 radical (unpaired) electrons. The molecule has 29 heavy (non-hydrogen) atoms. The maximum Gasteiger partial charge on any atom is 0.228 e. The number of halogens is 2. The molecule has 0 bridgehead atoms. The predicted octanol–water partition coefficient (Wildman–Crippen LogP) is 4.82. The highest BCUT2D eigenvalue weighted by molar-refractivity contribution is 7.99. The Labute approximate surface area is 170 Å². The average molecular weight is 412 g/mol. The van der Waals surface area contributed by atoms with Crippen LogP contribution in [-0.4, -0.2) is 20.4 Å². The first-order valence-electron chi connectivity index (χ1n) is 8.92. The monoisotopic (exact) mass is 412 g/mol. The predicted molar refractivity (Wildman–Crippen MR) is 109 cm³/mol. The lowest BCUT2D eigenvalue weighted by Gasteiger charge is -2.11. The summed E-state index contributed by atoms with van der Waals surface area (Å²) in [7, 11) is 1.86. The minimum Gasteiger partial charge on any atom is -0.358 e. The van der Waals surface area contributed by atoms with E-state index in [1.54, 1.807) is 18.3 Å². The van der Waals surface area contributed by atoms with Gasteiger partial charge < -0.3 is 14.9 Å². The normalized spacial score (nSPS) is 11.2. The molecule has 0 spiro atoms. The lowest BCUT2D eigenvalue weighted by atomic mass is 10.1. The Bertz CT molecular complexity index is 1210. The quantitative estimate of drug-likeness (QED) is 0.494. The smallest absolute Gasteiger partial charge is 0.228 e. The van der Waals surface area contributed by atoms with E-state index in [9.17, 15) is 13.6 Å². The number of hydrogen-bond donors (Lipinski definition) is 2. The summed E-state index contributed by atoms with van der Waals surface area (Å²) >= 11 is 1.33. The van der Waals surface area contributed by atoms with Crippen LogP contribution in [0.5, 0.6) is 0 Å². The van der Waals surface area contributed by atoms with Crippen molar-refractivity contribution in [3.05, 3.63) is 71.7 Å². The third kappa shape index (κ3) is 4.02. The number of carbonyl (C=O) groups is 1. The van der Waals surface area contributed by atoms with E-state index in [-0.39, 0.29) is 18.1 Å². The molecule has 0 unspecified atom stereocenters. The van der Waals surface area contributed by atoms with Gasteiger partial charge in [-0.15, -0.1) is 0 Å². The molecule has 0 fully saturated rings. The molecule has 0 aliphatic rings. The second-order valence-corrected chi connectivity index (χ2v) is 7.72. The van der Waals surface area contributed by atoms with E-state index < -0.39 is 5.82 Å². The van der Waals surface area contributed by atoms with Gasteiger partial charge in [0.1, 0.15) is 11.6 Å². The number of anilines is 1. The number of imidazole rings is 1. The van der Waals surface area contributed by atoms with Crippen LogP contribution in [0, 0.1) is 18.6 Å². The molecule has 0 aliphatic heterocycles. The fourth-order valence-corrected chi connectivity index (χ4v) is 4.05. The zero-order chi connectivity index (χ0) is 20.5. The SMILES string of the molecule is Cc1[nH]c2ccc(F)cc2c1CC(=O)Nc1cc(F)ccc1Sc1nccn1C. The van der Waals surface area contributed by atoms with Gasteiger partial charge in [-0.05, 0) is 60.6 Å². The third-order valence-electron chi connectivity index (χ3n) is 4.61. The van der Waals surface area contributed by atoms with Gasteiger partial charge >= 0.3 is 0 Å². The van der Waals surface area contributed by atoms with E-state index >= 15 is 0 Å². The molecule has 5 nitrogen and oxygen atoms in total. The molecule has 0 atom stereocenters. The van der Waals surface area contributed by atoms with Crippen molar-refractivity contribution in [1.29, 1.82) is 0 Å². The molecule has 4 rings (SSSR count). The molecule has 4 aromatic rings. The van der Waals surface area contributed by atoms with Crippen LogP contribution in [0.3, 0.4) is 0 Å². The minimum atomic E-state index is -0.449. The number of carbonyl (C=O) groups excluding carboxylic acids is 1. The second kappa shape index (κ2) is 7.71. The van der Waals surface area contributed by atoms with E-state index in [1.807, 2.05) is 24.7 Å². The fourth-order valence-electron chi connectivity index (χ4n) is 3.17. The van der Waals surface area contributed by atoms with Crippen molar-refractivity contribution < 1.29 is 13.6 Å². The van der Waals surface area contributed by atoms with Gasteiger partial charge in [-0.25, -0.2) is 13.8 Å². The van der Waals surface area contributed by atoms with Gasteiger partial charge in [0, 0.05) is 40.9 Å². The first-order chi connectivity index (χ1) is 13.9. The maximum absolute atomic E-state index is 13.8. The topological polar surface area (TPSA) is 62.7 Å². The zero-order valence-electron chi connectivity index (χ0n) is 15.8. The van der Waals surface area contributed by atoms with Crippen LogP contribution in [0.2, 0.25) is 0 Å². The van der Waals surface area contributed by atoms with E-state index in [4.69, 9.17) is 0 Å². The number of rotatable bonds is 5. The van der Waals surface area contributed by atoms with Gasteiger partial charge in [0.25, 0.3) is 0 Å². The molecular weight excluding hydrogens is 394 g/mol. The number of nitrogens with one attached hydrogen (secondary N) is 2. The zero-order valence-corrected chi connectivity index (χ0v) is 16.6. The number of amides is 1. The Hall–Kier alpha value is -3.13. The van der Waals surface area contributed by atoms with Crippen LogP contribution in [0.15, 0.2) is 58.8 Å². The van der Waals surface area contributed by atoms with E-state index in [0.29, 0.717) is 21.5 Å². The Morgan fingerprint density at radius 3 is 2.72 bits per heavy atom. The van der Waals surface area contributed by atoms with Crippen molar-refractivity contribution in [2.24, 2.45) is 7.05 Å². The molecule has 2 N–H and O–H groups in total. The summed E-state index contributed by atoms with van der Waals surface area (Å²) in [5, 5.41) is 4.17. The highest BCUT2D eigenvalue weighted by atomic mass is 32.2. The van der Waals surface area contributed by atoms with Crippen LogP contribution in [0.4, 0.5) is 14.5 Å². The number of hydrogen-bond acceptors (Lipinski definition) is 3. The van der Waals surface area contributed by atoms with Gasteiger partial charge in [0.05, 0.1) is 12.1 Å². The number of H-pyrrole nitrogens is 1. The molecular formula is C21H18F2N4OS. The van der Waals surface area contributed by atoms with Crippen molar-refractivity contribution in [2.45, 2.75) is 23.4 Å². The molecule has 1 amide bonds. The molecule has 8 heteroatoms. The first-order valence-corrected chi connectivity index (χ1v) is 9.73. The lowest BCUT2D eigenvalue weighted by Crippen LogP contribution is -2.15. The molecule has 2 aromatic heterocycles. The molecule has 0 aliphatic carbocycles. The Morgan fingerprint density at radius 2 is 1.97 bits per heavy atom. The summed E-state index contributed by atoms with van der Waals surface area (Å²) in [6.07, 6.45) is 3.52. The van der Waals surface area contributed by atoms with Crippen LogP contribution in [0.25, 0.3) is 10.9 Å². The summed E-state index contributed by atoms with van der Waals surface area (Å²) in [6.45, 7) is 1.84. The summed E-state index contributed by atoms with van der Waals surface area (Å²) in [5.41, 5.74) is 2.64. The molecule has 0 saturated carbocycles. The maximum atomic E-state index is 13.8. The Morgan fingerprint density at radius 1 is 1.21 bits per heavy atom. The van der Waals surface area contributed by atoms with Crippen LogP contribution in [0.1, 0.15) is 11.3 Å². The van der Waals surface area contributed by atoms with Gasteiger partial charge in [-0.2, -0.15) is 0 Å². The third-order valence-corrected chi connectivity index (χ3v) is 5.76. The lowest BCUT2D eigenvalue weighted by molar-refractivity contribution is -0.115. The van der Waals surface area contributed by atoms with Gasteiger partial charge in [0.15, 0.2) is 5.16 Å². The number of aryl methyl sites for hydroxylation is 2. The molecule has 2 heterocycles. The summed E-state index contributed by atoms with van der Waals surface area (Å²) in [5.74, 6) is -1.13. The van der Waals surface area contributed by atoms with E-state index in [1.165, 1.54) is 36.0 Å². The van der Waals surface area contributed by atoms with Gasteiger partial charge in [-0.3, -0.25) is 4.79 Å². The largest absolute Gasteiger partial charge is 0.358 e. The van der Waals surface area contributed by atoms with E-state index in [0.717, 1.165) is 16.4 Å². The molecule has 0 saturated heterocycles. The summed E-state index contributed by atoms with van der Waals surface area (Å²) in [6, 6.07) is 8.66. The van der Waals surface area contributed by atoms with Crippen molar-refractivity contribution in [1.82, 2.24) is 14.5 Å². The number of aromatic amines is 1. The second-order valence-electron chi connectivity index (χ2n) is 6.71. The summed E-state index contributed by atoms with van der Waals surface area (Å²) < 4.78 is 29.3. The Kier molecular flexibility index (Phi) is 5.10. The minimum absolute atomic E-state index is 0.0400. The van der Waals surface area contributed by atoms with Crippen molar-refractivity contribution >= 4 is 34.3 Å². The van der Waals surface area contributed by atoms with Gasteiger partial charge in [0.2, 0.25) is 5.91 Å². The van der Waals surface area contributed by atoms with Crippen LogP contribution < -0.4 is 5.32 Å². The van der Waals surface area contributed by atoms with Crippen LogP contribution in [-0.2, 0) is 18.3 Å². The summed E-state index contributed by atoms with van der Waals surface area (Å²) in [4.78, 5) is 20.8. The first kappa shape index (κ1) is 19.2. The standard InChI is InChI=1S/C21H18F2N4OS/c1-12-15(16-9-13(22)3-5-17(16)25-12)11-20(28)26-18-10-14(23)4-6-19(18)29-21-24-7-8-27(21)2/h3-10,25H,11H2,1-2H3,(H,26,28). The molecule has 2 aromatic carbocycles. The average Bonchev–Trinajstić information content (AvgIpc) is 3.20. The Balaban J connectivity index is 1.59. The van der Waals surface area contributed by atoms with E-state index in [2.05, 4.69) is 15.3 Å². The highest BCUT2D eigenvalue weighted by Gasteiger charge is 2.16. The number of fused-ring (bicyclic) bond motifs is 1. The van der Waals surface area contributed by atoms with Crippen molar-refractivity contribution in [3.8, 4) is 0 Å². The number of benzene rings is 2. The number of aromatic nitrogens is 3. The number of nitrogens with zero attached hydrogens (tertiary/aromatic N) is 2. The highest BCUT2D eigenvalue weighted by Crippen LogP contribution is 2.33. The van der Waals surface area contributed by atoms with Crippen molar-refractivity contribution in [3.63, 3.8) is 0 Å². The molecule has 148 valence electrons. The fraction of sp³-hybridized carbons (Fsp3) is 0.143.